The van der Waals surface area contributed by atoms with Gasteiger partial charge in [-0.1, -0.05) is 35.3 Å². The number of halogens is 2. The zero-order chi connectivity index (χ0) is 16.7. The summed E-state index contributed by atoms with van der Waals surface area (Å²) < 4.78 is 0.993. The third kappa shape index (κ3) is 2.96. The van der Waals surface area contributed by atoms with E-state index in [0.29, 0.717) is 10.9 Å². The van der Waals surface area contributed by atoms with E-state index in [-0.39, 0.29) is 5.92 Å². The molecule has 1 aromatic heterocycles. The summed E-state index contributed by atoms with van der Waals surface area (Å²) in [7, 11) is 6.42. The number of fused-ring (bicyclic) bond motifs is 2. The topological polar surface area (TPSA) is 24.9 Å². The molecule has 1 atom stereocenters. The fourth-order valence-corrected chi connectivity index (χ4v) is 4.55. The number of nitrogens with zero attached hydrogens (tertiary/aromatic N) is 1. The SMILES string of the molecule is [B]c1cc(Cl)cc2c1C(C1CCNCC1)c1ncc(Br)cc1C=C2. The quantitative estimate of drug-likeness (QED) is 0.736. The second-order valence-corrected chi connectivity index (χ2v) is 7.88. The predicted octanol–water partition coefficient (Wildman–Crippen LogP) is 3.91. The lowest BCUT2D eigenvalue weighted by Crippen LogP contribution is -2.33. The van der Waals surface area contributed by atoms with E-state index in [4.69, 9.17) is 24.4 Å². The summed E-state index contributed by atoms with van der Waals surface area (Å²) in [6.07, 6.45) is 8.39. The zero-order valence-electron chi connectivity index (χ0n) is 13.2. The van der Waals surface area contributed by atoms with Crippen LogP contribution in [0.15, 0.2) is 28.9 Å². The molecule has 2 radical (unpaired) electrons. The highest BCUT2D eigenvalue weighted by Crippen LogP contribution is 2.41. The van der Waals surface area contributed by atoms with Crippen LogP contribution in [-0.2, 0) is 0 Å². The molecule has 0 bridgehead atoms. The Bertz CT molecular complexity index is 815. The molecule has 120 valence electrons. The first kappa shape index (κ1) is 16.4. The van der Waals surface area contributed by atoms with E-state index in [9.17, 15) is 0 Å². The summed E-state index contributed by atoms with van der Waals surface area (Å²) in [5, 5.41) is 4.13. The van der Waals surface area contributed by atoms with Crippen molar-refractivity contribution < 1.29 is 0 Å². The van der Waals surface area contributed by atoms with Crippen molar-refractivity contribution >= 4 is 53.0 Å². The average Bonchev–Trinajstić information content (AvgIpc) is 2.72. The van der Waals surface area contributed by atoms with Gasteiger partial charge in [-0.3, -0.25) is 4.98 Å². The van der Waals surface area contributed by atoms with Crippen molar-refractivity contribution in [2.45, 2.75) is 18.8 Å². The molecule has 5 heteroatoms. The molecule has 1 N–H and O–H groups in total. The van der Waals surface area contributed by atoms with E-state index in [1.807, 2.05) is 18.3 Å². The molecule has 1 fully saturated rings. The normalized spacial score (nSPS) is 20.3. The third-order valence-electron chi connectivity index (χ3n) is 5.03. The van der Waals surface area contributed by atoms with E-state index in [2.05, 4.69) is 39.5 Å². The molecule has 2 aromatic rings. The smallest absolute Gasteiger partial charge is 0.114 e. The van der Waals surface area contributed by atoms with Crippen molar-refractivity contribution in [1.29, 1.82) is 0 Å². The van der Waals surface area contributed by atoms with Crippen LogP contribution in [0, 0.1) is 5.92 Å². The van der Waals surface area contributed by atoms with Gasteiger partial charge >= 0.3 is 0 Å². The average molecular weight is 400 g/mol. The lowest BCUT2D eigenvalue weighted by Gasteiger charge is -2.33. The Kier molecular flexibility index (Phi) is 4.55. The summed E-state index contributed by atoms with van der Waals surface area (Å²) in [5.41, 5.74) is 5.32. The molecule has 1 aromatic carbocycles. The van der Waals surface area contributed by atoms with Gasteiger partial charge < -0.3 is 5.32 Å². The maximum Gasteiger partial charge on any atom is 0.114 e. The number of rotatable bonds is 1. The lowest BCUT2D eigenvalue weighted by atomic mass is 9.72. The van der Waals surface area contributed by atoms with Crippen LogP contribution >= 0.6 is 27.5 Å². The molecule has 2 nitrogen and oxygen atoms in total. The molecule has 2 heterocycles. The maximum atomic E-state index is 6.42. The van der Waals surface area contributed by atoms with Crippen LogP contribution in [0.25, 0.3) is 12.2 Å². The summed E-state index contributed by atoms with van der Waals surface area (Å²) >= 11 is 9.80. The molecule has 0 amide bonds. The van der Waals surface area contributed by atoms with Crippen molar-refractivity contribution in [3.8, 4) is 0 Å². The van der Waals surface area contributed by atoms with Crippen molar-refractivity contribution in [2.24, 2.45) is 5.92 Å². The van der Waals surface area contributed by atoms with Crippen LogP contribution in [-0.4, -0.2) is 25.9 Å². The predicted molar refractivity (Wildman–Crippen MR) is 105 cm³/mol. The molecule has 1 saturated heterocycles. The first-order chi connectivity index (χ1) is 11.6. The second-order valence-electron chi connectivity index (χ2n) is 6.52. The van der Waals surface area contributed by atoms with Gasteiger partial charge in [0.15, 0.2) is 0 Å². The highest BCUT2D eigenvalue weighted by atomic mass is 79.9. The van der Waals surface area contributed by atoms with Crippen LogP contribution in [0.2, 0.25) is 5.02 Å². The highest BCUT2D eigenvalue weighted by molar-refractivity contribution is 9.10. The Labute approximate surface area is 157 Å². The Morgan fingerprint density at radius 1 is 1.12 bits per heavy atom. The fourth-order valence-electron chi connectivity index (χ4n) is 3.97. The van der Waals surface area contributed by atoms with Gasteiger partial charge in [-0.05, 0) is 76.6 Å². The van der Waals surface area contributed by atoms with Gasteiger partial charge in [0, 0.05) is 21.6 Å². The summed E-state index contributed by atoms with van der Waals surface area (Å²) in [6, 6.07) is 6.02. The molecule has 1 unspecified atom stereocenters. The first-order valence-corrected chi connectivity index (χ1v) is 9.44. The molecular formula is C19H17BBrClN2. The summed E-state index contributed by atoms with van der Waals surface area (Å²) in [4.78, 5) is 4.79. The lowest BCUT2D eigenvalue weighted by molar-refractivity contribution is 0.339. The van der Waals surface area contributed by atoms with Gasteiger partial charge in [0.2, 0.25) is 0 Å². The Morgan fingerprint density at radius 3 is 2.67 bits per heavy atom. The molecule has 0 spiro atoms. The zero-order valence-corrected chi connectivity index (χ0v) is 15.6. The number of aromatic nitrogens is 1. The van der Waals surface area contributed by atoms with Crippen LogP contribution < -0.4 is 10.8 Å². The van der Waals surface area contributed by atoms with Crippen LogP contribution in [0.4, 0.5) is 0 Å². The van der Waals surface area contributed by atoms with Crippen LogP contribution in [0.1, 0.15) is 41.1 Å². The third-order valence-corrected chi connectivity index (χ3v) is 5.68. The summed E-state index contributed by atoms with van der Waals surface area (Å²) in [6.45, 7) is 2.09. The number of piperidine rings is 1. The van der Waals surface area contributed by atoms with Gasteiger partial charge in [0.05, 0.1) is 5.69 Å². The number of pyridine rings is 1. The van der Waals surface area contributed by atoms with E-state index < -0.39 is 0 Å². The van der Waals surface area contributed by atoms with Crippen molar-refractivity contribution in [3.63, 3.8) is 0 Å². The number of nitrogens with one attached hydrogen (secondary N) is 1. The number of benzene rings is 1. The van der Waals surface area contributed by atoms with E-state index in [1.54, 1.807) is 0 Å². The monoisotopic (exact) mass is 398 g/mol. The molecule has 24 heavy (non-hydrogen) atoms. The highest BCUT2D eigenvalue weighted by Gasteiger charge is 2.32. The Balaban J connectivity index is 1.94. The second kappa shape index (κ2) is 6.66. The molecule has 0 saturated carbocycles. The standard InChI is InChI=1S/C19H17BBrClN2/c20-16-9-15(22)8-12-1-2-13-7-14(21)10-24-19(13)18(17(12)16)11-3-5-23-6-4-11/h1-2,7-11,18,23H,3-6H2. The minimum absolute atomic E-state index is 0.206. The van der Waals surface area contributed by atoms with Gasteiger partial charge in [0.1, 0.15) is 7.85 Å². The molecule has 1 aliphatic heterocycles. The van der Waals surface area contributed by atoms with Gasteiger partial charge in [-0.25, -0.2) is 0 Å². The van der Waals surface area contributed by atoms with Crippen molar-refractivity contribution in [1.82, 2.24) is 10.3 Å². The Hall–Kier alpha value is -1.10. The van der Waals surface area contributed by atoms with Gasteiger partial charge in [0.25, 0.3) is 0 Å². The Morgan fingerprint density at radius 2 is 1.88 bits per heavy atom. The first-order valence-electron chi connectivity index (χ1n) is 8.26. The summed E-state index contributed by atoms with van der Waals surface area (Å²) in [5.74, 6) is 0.735. The molecule has 2 aliphatic rings. The van der Waals surface area contributed by atoms with Gasteiger partial charge in [-0.2, -0.15) is 0 Å². The van der Waals surface area contributed by atoms with E-state index >= 15 is 0 Å². The largest absolute Gasteiger partial charge is 0.317 e. The molecular weight excluding hydrogens is 382 g/mol. The van der Waals surface area contributed by atoms with E-state index in [0.717, 1.165) is 52.7 Å². The van der Waals surface area contributed by atoms with Crippen LogP contribution in [0.5, 0.6) is 0 Å². The fraction of sp³-hybridized carbons (Fsp3) is 0.316. The minimum atomic E-state index is 0.206. The maximum absolute atomic E-state index is 6.42. The number of hydrogen-bond acceptors (Lipinski definition) is 2. The van der Waals surface area contributed by atoms with Crippen LogP contribution in [0.3, 0.4) is 0 Å². The molecule has 4 rings (SSSR count). The van der Waals surface area contributed by atoms with Crippen molar-refractivity contribution in [3.05, 3.63) is 56.3 Å². The minimum Gasteiger partial charge on any atom is -0.317 e. The van der Waals surface area contributed by atoms with Crippen molar-refractivity contribution in [2.75, 3.05) is 13.1 Å². The number of hydrogen-bond donors (Lipinski definition) is 1. The van der Waals surface area contributed by atoms with Gasteiger partial charge in [-0.15, -0.1) is 0 Å². The van der Waals surface area contributed by atoms with E-state index in [1.165, 1.54) is 5.56 Å². The molecule has 1 aliphatic carbocycles.